The monoisotopic (exact) mass is 379 g/mol. The van der Waals surface area contributed by atoms with Gasteiger partial charge in [0.05, 0.1) is 12.7 Å². The maximum Gasteiger partial charge on any atom is 0.219 e. The van der Waals surface area contributed by atoms with Crippen molar-refractivity contribution in [1.29, 1.82) is 0 Å². The van der Waals surface area contributed by atoms with Gasteiger partial charge >= 0.3 is 0 Å². The Morgan fingerprint density at radius 1 is 1.18 bits per heavy atom. The number of amides is 1. The summed E-state index contributed by atoms with van der Waals surface area (Å²) in [5.41, 5.74) is 2.82. The smallest absolute Gasteiger partial charge is 0.219 e. The van der Waals surface area contributed by atoms with Gasteiger partial charge in [0.1, 0.15) is 23.0 Å². The number of piperazine rings is 1. The number of amidine groups is 1. The summed E-state index contributed by atoms with van der Waals surface area (Å²) in [4.78, 5) is 21.0. The Morgan fingerprint density at radius 2 is 2.00 bits per heavy atom. The maximum atomic E-state index is 11.9. The standard InChI is InChI=1S/C22H25N3O3/c1-14-5-7-19-21(11-14)28-20-8-6-17(27-4)12-18(20)22(23-19)24-9-10-25(16(3)26)15(2)13-24/h5-8,11-12,15H,9-10,13H2,1-4H3. The van der Waals surface area contributed by atoms with Crippen LogP contribution in [-0.4, -0.2) is 54.3 Å². The number of benzene rings is 2. The van der Waals surface area contributed by atoms with Gasteiger partial charge in [-0.15, -0.1) is 0 Å². The van der Waals surface area contributed by atoms with E-state index >= 15 is 0 Å². The normalized spacial score (nSPS) is 18.4. The van der Waals surface area contributed by atoms with Crippen molar-refractivity contribution in [2.24, 2.45) is 4.99 Å². The highest BCUT2D eigenvalue weighted by Gasteiger charge is 2.30. The van der Waals surface area contributed by atoms with Crippen molar-refractivity contribution in [3.05, 3.63) is 47.5 Å². The highest BCUT2D eigenvalue weighted by molar-refractivity contribution is 6.04. The molecule has 6 nitrogen and oxygen atoms in total. The number of nitrogens with zero attached hydrogens (tertiary/aromatic N) is 3. The molecule has 1 amide bonds. The number of fused-ring (bicyclic) bond motifs is 2. The number of rotatable bonds is 1. The molecule has 0 N–H and O–H groups in total. The summed E-state index contributed by atoms with van der Waals surface area (Å²) in [5, 5.41) is 0. The molecule has 2 heterocycles. The number of ether oxygens (including phenoxy) is 2. The Morgan fingerprint density at radius 3 is 2.71 bits per heavy atom. The molecule has 1 fully saturated rings. The van der Waals surface area contributed by atoms with Gasteiger partial charge in [0, 0.05) is 32.6 Å². The molecular formula is C22H25N3O3. The number of methoxy groups -OCH3 is 1. The molecule has 4 rings (SSSR count). The van der Waals surface area contributed by atoms with Crippen molar-refractivity contribution < 1.29 is 14.3 Å². The Bertz CT molecular complexity index is 954. The van der Waals surface area contributed by atoms with Crippen LogP contribution in [0.1, 0.15) is 25.0 Å². The zero-order chi connectivity index (χ0) is 19.8. The van der Waals surface area contributed by atoms with E-state index in [0.717, 1.165) is 53.0 Å². The predicted molar refractivity (Wildman–Crippen MR) is 109 cm³/mol. The first-order valence-electron chi connectivity index (χ1n) is 9.54. The van der Waals surface area contributed by atoms with Crippen molar-refractivity contribution >= 4 is 17.4 Å². The van der Waals surface area contributed by atoms with Crippen LogP contribution >= 0.6 is 0 Å². The van der Waals surface area contributed by atoms with Crippen LogP contribution < -0.4 is 9.47 Å². The number of aryl methyl sites for hydroxylation is 1. The minimum Gasteiger partial charge on any atom is -0.497 e. The summed E-state index contributed by atoms with van der Waals surface area (Å²) in [7, 11) is 1.65. The van der Waals surface area contributed by atoms with Gasteiger partial charge in [-0.2, -0.15) is 0 Å². The van der Waals surface area contributed by atoms with Gasteiger partial charge in [-0.25, -0.2) is 4.99 Å². The summed E-state index contributed by atoms with van der Waals surface area (Å²) in [6, 6.07) is 11.9. The fraction of sp³-hybridized carbons (Fsp3) is 0.364. The van der Waals surface area contributed by atoms with Crippen molar-refractivity contribution in [2.75, 3.05) is 26.7 Å². The lowest BCUT2D eigenvalue weighted by Crippen LogP contribution is -2.55. The average molecular weight is 379 g/mol. The lowest BCUT2D eigenvalue weighted by atomic mass is 10.1. The van der Waals surface area contributed by atoms with E-state index in [4.69, 9.17) is 14.5 Å². The van der Waals surface area contributed by atoms with E-state index in [1.54, 1.807) is 14.0 Å². The number of carbonyl (C=O) groups is 1. The fourth-order valence-corrected chi connectivity index (χ4v) is 3.85. The topological polar surface area (TPSA) is 54.4 Å². The first-order chi connectivity index (χ1) is 13.5. The van der Waals surface area contributed by atoms with Crippen molar-refractivity contribution in [2.45, 2.75) is 26.8 Å². The molecule has 0 aliphatic carbocycles. The van der Waals surface area contributed by atoms with Gasteiger partial charge in [-0.05, 0) is 49.7 Å². The maximum absolute atomic E-state index is 11.9. The minimum atomic E-state index is 0.112. The summed E-state index contributed by atoms with van der Waals surface area (Å²) in [6.07, 6.45) is 0. The summed E-state index contributed by atoms with van der Waals surface area (Å²) in [6.45, 7) is 7.86. The van der Waals surface area contributed by atoms with Gasteiger partial charge in [0.25, 0.3) is 0 Å². The van der Waals surface area contributed by atoms with Gasteiger partial charge in [0.2, 0.25) is 5.91 Å². The van der Waals surface area contributed by atoms with Crippen molar-refractivity contribution in [3.8, 4) is 17.2 Å². The van der Waals surface area contributed by atoms with E-state index in [1.807, 2.05) is 48.2 Å². The first-order valence-corrected chi connectivity index (χ1v) is 9.54. The van der Waals surface area contributed by atoms with Gasteiger partial charge < -0.3 is 19.3 Å². The van der Waals surface area contributed by atoms with E-state index in [1.165, 1.54) is 0 Å². The molecule has 1 saturated heterocycles. The molecule has 2 aliphatic heterocycles. The lowest BCUT2D eigenvalue weighted by Gasteiger charge is -2.40. The predicted octanol–water partition coefficient (Wildman–Crippen LogP) is 3.74. The second-order valence-electron chi connectivity index (χ2n) is 7.38. The molecule has 2 aliphatic rings. The van der Waals surface area contributed by atoms with Crippen LogP contribution in [0.5, 0.6) is 17.2 Å². The SMILES string of the molecule is COc1ccc2c(c1)C(N1CCN(C(C)=O)C(C)C1)=Nc1ccc(C)cc1O2. The number of hydrogen-bond acceptors (Lipinski definition) is 5. The summed E-state index contributed by atoms with van der Waals surface area (Å²) < 4.78 is 11.7. The molecule has 6 heteroatoms. The van der Waals surface area contributed by atoms with E-state index < -0.39 is 0 Å². The van der Waals surface area contributed by atoms with Gasteiger partial charge in [-0.3, -0.25) is 4.79 Å². The highest BCUT2D eigenvalue weighted by atomic mass is 16.5. The van der Waals surface area contributed by atoms with Crippen LogP contribution in [-0.2, 0) is 4.79 Å². The van der Waals surface area contributed by atoms with E-state index in [9.17, 15) is 4.79 Å². The number of hydrogen-bond donors (Lipinski definition) is 0. The van der Waals surface area contributed by atoms with Crippen LogP contribution in [0.25, 0.3) is 0 Å². The zero-order valence-corrected chi connectivity index (χ0v) is 16.7. The molecule has 146 valence electrons. The van der Waals surface area contributed by atoms with Crippen LogP contribution in [0.3, 0.4) is 0 Å². The number of aliphatic imine (C=N–C) groups is 1. The molecular weight excluding hydrogens is 354 g/mol. The molecule has 1 atom stereocenters. The second kappa shape index (κ2) is 7.19. The number of carbonyl (C=O) groups excluding carboxylic acids is 1. The Hall–Kier alpha value is -3.02. The average Bonchev–Trinajstić information content (AvgIpc) is 2.83. The molecule has 0 aromatic heterocycles. The van der Waals surface area contributed by atoms with Crippen molar-refractivity contribution in [3.63, 3.8) is 0 Å². The van der Waals surface area contributed by atoms with E-state index in [-0.39, 0.29) is 11.9 Å². The molecule has 2 aromatic rings. The largest absolute Gasteiger partial charge is 0.497 e. The Labute approximate surface area is 165 Å². The lowest BCUT2D eigenvalue weighted by molar-refractivity contribution is -0.132. The van der Waals surface area contributed by atoms with Crippen LogP contribution in [0.2, 0.25) is 0 Å². The van der Waals surface area contributed by atoms with Crippen molar-refractivity contribution in [1.82, 2.24) is 9.80 Å². The third kappa shape index (κ3) is 3.30. The second-order valence-corrected chi connectivity index (χ2v) is 7.38. The van der Waals surface area contributed by atoms with E-state index in [2.05, 4.69) is 11.8 Å². The Balaban J connectivity index is 1.79. The van der Waals surface area contributed by atoms with Gasteiger partial charge in [-0.1, -0.05) is 6.07 Å². The van der Waals surface area contributed by atoms with Gasteiger partial charge in [0.15, 0.2) is 5.75 Å². The highest BCUT2D eigenvalue weighted by Crippen LogP contribution is 2.40. The first kappa shape index (κ1) is 18.3. The minimum absolute atomic E-state index is 0.112. The van der Waals surface area contributed by atoms with Crippen LogP contribution in [0.15, 0.2) is 41.4 Å². The molecule has 0 spiro atoms. The molecule has 28 heavy (non-hydrogen) atoms. The van der Waals surface area contributed by atoms with Crippen LogP contribution in [0, 0.1) is 6.92 Å². The third-order valence-electron chi connectivity index (χ3n) is 5.32. The quantitative estimate of drug-likeness (QED) is 0.757. The zero-order valence-electron chi connectivity index (χ0n) is 16.7. The molecule has 0 radical (unpaired) electrons. The summed E-state index contributed by atoms with van der Waals surface area (Å²) >= 11 is 0. The molecule has 2 aromatic carbocycles. The molecule has 0 saturated carbocycles. The summed E-state index contributed by atoms with van der Waals surface area (Å²) in [5.74, 6) is 3.22. The third-order valence-corrected chi connectivity index (χ3v) is 5.32. The molecule has 1 unspecified atom stereocenters. The fourth-order valence-electron chi connectivity index (χ4n) is 3.85. The Kier molecular flexibility index (Phi) is 4.71. The molecule has 0 bridgehead atoms. The van der Waals surface area contributed by atoms with E-state index in [0.29, 0.717) is 6.54 Å². The van der Waals surface area contributed by atoms with Crippen LogP contribution in [0.4, 0.5) is 5.69 Å².